The van der Waals surface area contributed by atoms with Crippen LogP contribution < -0.4 is 4.74 Å². The lowest BCUT2D eigenvalue weighted by molar-refractivity contribution is 0.407. The van der Waals surface area contributed by atoms with E-state index in [-0.39, 0.29) is 5.38 Å². The minimum absolute atomic E-state index is 0.350. The van der Waals surface area contributed by atoms with Crippen molar-refractivity contribution in [1.29, 1.82) is 0 Å². The molecule has 0 radical (unpaired) electrons. The van der Waals surface area contributed by atoms with Crippen LogP contribution in [-0.2, 0) is 0 Å². The molecule has 90 valence electrons. The number of halogens is 2. The summed E-state index contributed by atoms with van der Waals surface area (Å²) in [6.07, 6.45) is 1.61. The molecular formula is C13H12BrClO2. The number of ether oxygens (including phenoxy) is 1. The maximum atomic E-state index is 6.39. The molecule has 0 aliphatic rings. The SMILES string of the molecule is COc1cc(C)c(Br)cc1C(Cl)c1ccco1. The molecule has 2 rings (SSSR count). The fourth-order valence-corrected chi connectivity index (χ4v) is 2.29. The third-order valence-electron chi connectivity index (χ3n) is 2.58. The van der Waals surface area contributed by atoms with E-state index in [1.165, 1.54) is 0 Å². The molecule has 17 heavy (non-hydrogen) atoms. The number of furan rings is 1. The van der Waals surface area contributed by atoms with Crippen molar-refractivity contribution < 1.29 is 9.15 Å². The maximum Gasteiger partial charge on any atom is 0.126 e. The summed E-state index contributed by atoms with van der Waals surface area (Å²) in [6, 6.07) is 7.59. The zero-order chi connectivity index (χ0) is 12.4. The van der Waals surface area contributed by atoms with Gasteiger partial charge in [0.05, 0.1) is 13.4 Å². The van der Waals surface area contributed by atoms with Gasteiger partial charge in [-0.25, -0.2) is 0 Å². The van der Waals surface area contributed by atoms with Crippen LogP contribution in [0, 0.1) is 6.92 Å². The highest BCUT2D eigenvalue weighted by molar-refractivity contribution is 9.10. The molecule has 0 saturated carbocycles. The number of hydrogen-bond acceptors (Lipinski definition) is 2. The van der Waals surface area contributed by atoms with Crippen molar-refractivity contribution in [2.45, 2.75) is 12.3 Å². The minimum Gasteiger partial charge on any atom is -0.496 e. The normalized spacial score (nSPS) is 12.5. The molecular weight excluding hydrogens is 303 g/mol. The quantitative estimate of drug-likeness (QED) is 0.767. The first kappa shape index (κ1) is 12.5. The van der Waals surface area contributed by atoms with Crippen LogP contribution in [0.3, 0.4) is 0 Å². The summed E-state index contributed by atoms with van der Waals surface area (Å²) in [6.45, 7) is 2.01. The van der Waals surface area contributed by atoms with Crippen molar-refractivity contribution in [2.24, 2.45) is 0 Å². The van der Waals surface area contributed by atoms with Crippen LogP contribution in [0.1, 0.15) is 22.3 Å². The molecule has 1 aromatic carbocycles. The second-order valence-electron chi connectivity index (χ2n) is 3.72. The van der Waals surface area contributed by atoms with E-state index in [9.17, 15) is 0 Å². The Bertz CT molecular complexity index is 508. The van der Waals surface area contributed by atoms with Crippen molar-refractivity contribution in [3.8, 4) is 5.75 Å². The van der Waals surface area contributed by atoms with E-state index in [1.807, 2.05) is 31.2 Å². The topological polar surface area (TPSA) is 22.4 Å². The molecule has 0 N–H and O–H groups in total. The van der Waals surface area contributed by atoms with Crippen LogP contribution >= 0.6 is 27.5 Å². The lowest BCUT2D eigenvalue weighted by Crippen LogP contribution is -1.97. The van der Waals surface area contributed by atoms with Gasteiger partial charge in [0.25, 0.3) is 0 Å². The van der Waals surface area contributed by atoms with Crippen LogP contribution in [0.4, 0.5) is 0 Å². The standard InChI is InChI=1S/C13H12BrClO2/c1-8-6-12(16-2)9(7-10(8)14)13(15)11-4-3-5-17-11/h3-7,13H,1-2H3. The summed E-state index contributed by atoms with van der Waals surface area (Å²) < 4.78 is 11.7. The number of hydrogen-bond donors (Lipinski definition) is 0. The van der Waals surface area contributed by atoms with Crippen molar-refractivity contribution >= 4 is 27.5 Å². The van der Waals surface area contributed by atoms with Gasteiger partial charge in [-0.3, -0.25) is 0 Å². The fraction of sp³-hybridized carbons (Fsp3) is 0.231. The molecule has 2 nitrogen and oxygen atoms in total. The van der Waals surface area contributed by atoms with Crippen LogP contribution in [0.25, 0.3) is 0 Å². The summed E-state index contributed by atoms with van der Waals surface area (Å²) in [5, 5.41) is -0.350. The average Bonchev–Trinajstić information content (AvgIpc) is 2.84. The zero-order valence-corrected chi connectivity index (χ0v) is 11.9. The largest absolute Gasteiger partial charge is 0.496 e. The molecule has 0 spiro atoms. The second kappa shape index (κ2) is 5.15. The van der Waals surface area contributed by atoms with Crippen LogP contribution in [0.5, 0.6) is 5.75 Å². The molecule has 1 unspecified atom stereocenters. The van der Waals surface area contributed by atoms with Gasteiger partial charge in [0.1, 0.15) is 16.9 Å². The molecule has 4 heteroatoms. The Morgan fingerprint density at radius 2 is 2.18 bits per heavy atom. The van der Waals surface area contributed by atoms with Gasteiger partial charge in [0.2, 0.25) is 0 Å². The van der Waals surface area contributed by atoms with E-state index in [0.29, 0.717) is 5.76 Å². The lowest BCUT2D eigenvalue weighted by atomic mass is 10.1. The number of aryl methyl sites for hydroxylation is 1. The Morgan fingerprint density at radius 1 is 1.41 bits per heavy atom. The fourth-order valence-electron chi connectivity index (χ4n) is 1.63. The highest BCUT2D eigenvalue weighted by Crippen LogP contribution is 2.38. The smallest absolute Gasteiger partial charge is 0.126 e. The van der Waals surface area contributed by atoms with Crippen molar-refractivity contribution in [1.82, 2.24) is 0 Å². The molecule has 0 amide bonds. The Labute approximate surface area is 114 Å². The molecule has 0 aliphatic heterocycles. The Kier molecular flexibility index (Phi) is 3.79. The van der Waals surface area contributed by atoms with E-state index in [0.717, 1.165) is 21.3 Å². The third-order valence-corrected chi connectivity index (χ3v) is 3.88. The van der Waals surface area contributed by atoms with Gasteiger partial charge in [-0.05, 0) is 36.8 Å². The molecule has 1 aromatic heterocycles. The van der Waals surface area contributed by atoms with E-state index in [2.05, 4.69) is 15.9 Å². The molecule has 1 heterocycles. The maximum absolute atomic E-state index is 6.39. The van der Waals surface area contributed by atoms with Crippen LogP contribution in [0.2, 0.25) is 0 Å². The van der Waals surface area contributed by atoms with Gasteiger partial charge < -0.3 is 9.15 Å². The van der Waals surface area contributed by atoms with Crippen LogP contribution in [0.15, 0.2) is 39.4 Å². The number of rotatable bonds is 3. The predicted molar refractivity (Wildman–Crippen MR) is 71.8 cm³/mol. The van der Waals surface area contributed by atoms with Gasteiger partial charge in [-0.2, -0.15) is 0 Å². The van der Waals surface area contributed by atoms with Gasteiger partial charge in [-0.1, -0.05) is 15.9 Å². The van der Waals surface area contributed by atoms with Crippen LogP contribution in [-0.4, -0.2) is 7.11 Å². The van der Waals surface area contributed by atoms with Crippen molar-refractivity contribution in [3.63, 3.8) is 0 Å². The zero-order valence-electron chi connectivity index (χ0n) is 9.54. The highest BCUT2D eigenvalue weighted by Gasteiger charge is 2.19. The van der Waals surface area contributed by atoms with Gasteiger partial charge in [0.15, 0.2) is 0 Å². The van der Waals surface area contributed by atoms with Gasteiger partial charge in [-0.15, -0.1) is 11.6 Å². The van der Waals surface area contributed by atoms with Gasteiger partial charge >= 0.3 is 0 Å². The first-order chi connectivity index (χ1) is 8.13. The molecule has 0 saturated heterocycles. The van der Waals surface area contributed by atoms with E-state index in [4.69, 9.17) is 20.8 Å². The minimum atomic E-state index is -0.350. The molecule has 1 atom stereocenters. The number of alkyl halides is 1. The molecule has 0 aliphatic carbocycles. The summed E-state index contributed by atoms with van der Waals surface area (Å²) in [5.74, 6) is 1.47. The van der Waals surface area contributed by atoms with E-state index >= 15 is 0 Å². The summed E-state index contributed by atoms with van der Waals surface area (Å²) >= 11 is 9.88. The molecule has 0 fully saturated rings. The summed E-state index contributed by atoms with van der Waals surface area (Å²) in [5.41, 5.74) is 2.00. The monoisotopic (exact) mass is 314 g/mol. The molecule has 0 bridgehead atoms. The van der Waals surface area contributed by atoms with Crippen molar-refractivity contribution in [3.05, 3.63) is 51.9 Å². The Morgan fingerprint density at radius 3 is 2.76 bits per heavy atom. The summed E-state index contributed by atoms with van der Waals surface area (Å²) in [4.78, 5) is 0. The molecule has 2 aromatic rings. The Hall–Kier alpha value is -0.930. The van der Waals surface area contributed by atoms with E-state index in [1.54, 1.807) is 13.4 Å². The van der Waals surface area contributed by atoms with E-state index < -0.39 is 0 Å². The highest BCUT2D eigenvalue weighted by atomic mass is 79.9. The average molecular weight is 316 g/mol. The lowest BCUT2D eigenvalue weighted by Gasteiger charge is -2.14. The Balaban J connectivity index is 2.47. The number of benzene rings is 1. The third kappa shape index (κ3) is 2.50. The summed E-state index contributed by atoms with van der Waals surface area (Å²) in [7, 11) is 1.64. The number of methoxy groups -OCH3 is 1. The second-order valence-corrected chi connectivity index (χ2v) is 5.01. The first-order valence-electron chi connectivity index (χ1n) is 5.15. The van der Waals surface area contributed by atoms with Gasteiger partial charge in [0, 0.05) is 10.0 Å². The predicted octanol–water partition coefficient (Wildman–Crippen LogP) is 4.69. The van der Waals surface area contributed by atoms with Crippen molar-refractivity contribution in [2.75, 3.05) is 7.11 Å². The first-order valence-corrected chi connectivity index (χ1v) is 6.38.